The van der Waals surface area contributed by atoms with Gasteiger partial charge in [0.25, 0.3) is 5.91 Å². The molecule has 2 fully saturated rings. The summed E-state index contributed by atoms with van der Waals surface area (Å²) in [7, 11) is 0. The molecule has 0 saturated carbocycles. The molecule has 1 aromatic carbocycles. The zero-order valence-corrected chi connectivity index (χ0v) is 18.4. The minimum Gasteiger partial charge on any atom is -0.330 e. The second-order valence-electron chi connectivity index (χ2n) is 8.67. The Bertz CT molecular complexity index is 1060. The monoisotopic (exact) mass is 427 g/mol. The van der Waals surface area contributed by atoms with Gasteiger partial charge in [-0.05, 0) is 68.6 Å². The Morgan fingerprint density at radius 3 is 2.56 bits per heavy atom. The number of carbonyl (C=O) groups is 1. The van der Waals surface area contributed by atoms with E-state index in [0.717, 1.165) is 61.5 Å². The molecule has 164 valence electrons. The molecule has 0 aliphatic carbocycles. The Hall–Kier alpha value is -3.12. The molecular formula is C26H29N5O. The van der Waals surface area contributed by atoms with Crippen LogP contribution in [-0.4, -0.2) is 50.3 Å². The van der Waals surface area contributed by atoms with Gasteiger partial charge in [-0.3, -0.25) is 14.7 Å². The van der Waals surface area contributed by atoms with Crippen molar-refractivity contribution in [2.24, 2.45) is 0 Å². The van der Waals surface area contributed by atoms with Crippen molar-refractivity contribution in [1.82, 2.24) is 24.8 Å². The summed E-state index contributed by atoms with van der Waals surface area (Å²) in [5.74, 6) is 0.714. The molecule has 6 nitrogen and oxygen atoms in total. The first-order valence-electron chi connectivity index (χ1n) is 11.7. The minimum atomic E-state index is -0.0315. The molecule has 2 aromatic heterocycles. The van der Waals surface area contributed by atoms with E-state index in [2.05, 4.69) is 20.9 Å². The van der Waals surface area contributed by atoms with Gasteiger partial charge in [0.1, 0.15) is 5.69 Å². The normalized spacial score (nSPS) is 19.2. The number of hydrogen-bond acceptors (Lipinski definition) is 5. The molecule has 2 saturated heterocycles. The Balaban J connectivity index is 1.39. The molecule has 1 amide bonds. The van der Waals surface area contributed by atoms with Crippen LogP contribution in [0.4, 0.5) is 0 Å². The molecule has 2 aliphatic heterocycles. The smallest absolute Gasteiger partial charge is 0.254 e. The lowest BCUT2D eigenvalue weighted by Crippen LogP contribution is -2.33. The average molecular weight is 428 g/mol. The number of carbonyl (C=O) groups excluding carboxylic acids is 1. The maximum Gasteiger partial charge on any atom is 0.254 e. The van der Waals surface area contributed by atoms with E-state index in [9.17, 15) is 4.79 Å². The van der Waals surface area contributed by atoms with Gasteiger partial charge in [0, 0.05) is 31.0 Å². The predicted molar refractivity (Wildman–Crippen MR) is 124 cm³/mol. The van der Waals surface area contributed by atoms with Crippen LogP contribution >= 0.6 is 0 Å². The number of hydrogen-bond donors (Lipinski definition) is 0. The number of rotatable bonds is 5. The summed E-state index contributed by atoms with van der Waals surface area (Å²) in [6, 6.07) is 15.7. The number of amides is 1. The number of likely N-dealkylation sites (tertiary alicyclic amines) is 2. The fourth-order valence-corrected chi connectivity index (χ4v) is 4.87. The first-order valence-corrected chi connectivity index (χ1v) is 11.7. The van der Waals surface area contributed by atoms with Gasteiger partial charge in [-0.2, -0.15) is 0 Å². The van der Waals surface area contributed by atoms with Crippen LogP contribution in [0, 0.1) is 0 Å². The number of aromatic nitrogens is 3. The zero-order valence-electron chi connectivity index (χ0n) is 18.4. The molecule has 0 N–H and O–H groups in total. The molecule has 5 rings (SSSR count). The van der Waals surface area contributed by atoms with Crippen molar-refractivity contribution < 1.29 is 4.79 Å². The van der Waals surface area contributed by atoms with Gasteiger partial charge in [-0.25, -0.2) is 9.97 Å². The lowest BCUT2D eigenvalue weighted by molar-refractivity contribution is 0.0730. The molecule has 4 heterocycles. The third-order valence-corrected chi connectivity index (χ3v) is 6.52. The van der Waals surface area contributed by atoms with Gasteiger partial charge in [0.15, 0.2) is 5.82 Å². The van der Waals surface area contributed by atoms with Crippen LogP contribution in [0.5, 0.6) is 0 Å². The van der Waals surface area contributed by atoms with E-state index in [1.807, 2.05) is 47.4 Å². The highest BCUT2D eigenvalue weighted by atomic mass is 16.2. The second-order valence-corrected chi connectivity index (χ2v) is 8.67. The molecule has 0 bridgehead atoms. The van der Waals surface area contributed by atoms with E-state index >= 15 is 0 Å². The quantitative estimate of drug-likeness (QED) is 0.600. The van der Waals surface area contributed by atoms with E-state index in [1.54, 1.807) is 12.4 Å². The summed E-state index contributed by atoms with van der Waals surface area (Å²) in [5.41, 5.74) is 3.59. The first-order chi connectivity index (χ1) is 15.8. The SMILES string of the molecule is O=C(c1ccccc1CN1CCCCC1)N1CCCC1c1ccnc(-c2ccccn2)n1. The van der Waals surface area contributed by atoms with Crippen molar-refractivity contribution in [1.29, 1.82) is 0 Å². The molecule has 2 aliphatic rings. The van der Waals surface area contributed by atoms with E-state index < -0.39 is 0 Å². The third-order valence-electron chi connectivity index (χ3n) is 6.52. The van der Waals surface area contributed by atoms with E-state index in [1.165, 1.54) is 19.3 Å². The van der Waals surface area contributed by atoms with E-state index in [4.69, 9.17) is 4.98 Å². The molecular weight excluding hydrogens is 398 g/mol. The van der Waals surface area contributed by atoms with Crippen molar-refractivity contribution in [2.45, 2.75) is 44.7 Å². The van der Waals surface area contributed by atoms with Crippen molar-refractivity contribution >= 4 is 5.91 Å². The van der Waals surface area contributed by atoms with Crippen molar-refractivity contribution in [2.75, 3.05) is 19.6 Å². The Morgan fingerprint density at radius 1 is 0.875 bits per heavy atom. The van der Waals surface area contributed by atoms with Gasteiger partial charge in [0.05, 0.1) is 11.7 Å². The number of benzene rings is 1. The molecule has 0 radical (unpaired) electrons. The summed E-state index contributed by atoms with van der Waals surface area (Å²) in [6.45, 7) is 3.83. The van der Waals surface area contributed by atoms with Crippen LogP contribution in [0.3, 0.4) is 0 Å². The maximum absolute atomic E-state index is 13.7. The van der Waals surface area contributed by atoms with Crippen LogP contribution in [0.25, 0.3) is 11.5 Å². The number of piperidine rings is 1. The number of pyridine rings is 1. The summed E-state index contributed by atoms with van der Waals surface area (Å²) >= 11 is 0. The molecule has 1 unspecified atom stereocenters. The van der Waals surface area contributed by atoms with Gasteiger partial charge in [-0.1, -0.05) is 30.7 Å². The zero-order chi connectivity index (χ0) is 21.8. The van der Waals surface area contributed by atoms with E-state index in [0.29, 0.717) is 5.82 Å². The fourth-order valence-electron chi connectivity index (χ4n) is 4.87. The Kier molecular flexibility index (Phi) is 6.21. The minimum absolute atomic E-state index is 0.0315. The van der Waals surface area contributed by atoms with Gasteiger partial charge in [-0.15, -0.1) is 0 Å². The van der Waals surface area contributed by atoms with Crippen molar-refractivity contribution in [3.8, 4) is 11.5 Å². The van der Waals surface area contributed by atoms with Crippen molar-refractivity contribution in [3.63, 3.8) is 0 Å². The standard InChI is InChI=1S/C26H29N5O/c32-26(21-10-3-2-9-20(21)19-30-16-6-1-7-17-30)31-18-8-12-24(31)22-13-15-28-25(29-22)23-11-4-5-14-27-23/h2-5,9-11,13-15,24H,1,6-8,12,16-19H2. The average Bonchev–Trinajstić information content (AvgIpc) is 3.35. The second kappa shape index (κ2) is 9.57. The molecule has 0 spiro atoms. The summed E-state index contributed by atoms with van der Waals surface area (Å²) in [6.07, 6.45) is 9.22. The maximum atomic E-state index is 13.7. The number of nitrogens with zero attached hydrogens (tertiary/aromatic N) is 5. The predicted octanol–water partition coefficient (Wildman–Crippen LogP) is 4.50. The highest BCUT2D eigenvalue weighted by Crippen LogP contribution is 2.33. The summed E-state index contributed by atoms with van der Waals surface area (Å²) in [4.78, 5) is 31.7. The molecule has 6 heteroatoms. The van der Waals surface area contributed by atoms with E-state index in [-0.39, 0.29) is 11.9 Å². The molecule has 3 aromatic rings. The van der Waals surface area contributed by atoms with Crippen LogP contribution in [0.2, 0.25) is 0 Å². The third kappa shape index (κ3) is 4.41. The first kappa shape index (κ1) is 20.8. The fraction of sp³-hybridized carbons (Fsp3) is 0.385. The molecule has 1 atom stereocenters. The largest absolute Gasteiger partial charge is 0.330 e. The topological polar surface area (TPSA) is 62.2 Å². The van der Waals surface area contributed by atoms with Crippen LogP contribution in [0.1, 0.15) is 59.8 Å². The van der Waals surface area contributed by atoms with Gasteiger partial charge >= 0.3 is 0 Å². The Labute approximate surface area is 189 Å². The highest BCUT2D eigenvalue weighted by Gasteiger charge is 2.33. The van der Waals surface area contributed by atoms with Crippen molar-refractivity contribution in [3.05, 3.63) is 77.7 Å². The van der Waals surface area contributed by atoms with Crippen LogP contribution < -0.4 is 0 Å². The van der Waals surface area contributed by atoms with Crippen LogP contribution in [0.15, 0.2) is 60.9 Å². The lowest BCUT2D eigenvalue weighted by Gasteiger charge is -2.29. The van der Waals surface area contributed by atoms with Gasteiger partial charge in [0.2, 0.25) is 0 Å². The summed E-state index contributed by atoms with van der Waals surface area (Å²) < 4.78 is 0. The van der Waals surface area contributed by atoms with Gasteiger partial charge < -0.3 is 4.90 Å². The Morgan fingerprint density at radius 2 is 1.72 bits per heavy atom. The lowest BCUT2D eigenvalue weighted by atomic mass is 10.0. The summed E-state index contributed by atoms with van der Waals surface area (Å²) in [5, 5.41) is 0. The highest BCUT2D eigenvalue weighted by molar-refractivity contribution is 5.96. The molecule has 32 heavy (non-hydrogen) atoms. The van der Waals surface area contributed by atoms with Crippen LogP contribution in [-0.2, 0) is 6.54 Å².